The zero-order chi connectivity index (χ0) is 17.2. The number of nitrogens with zero attached hydrogens (tertiary/aromatic N) is 3. The molecule has 0 atom stereocenters. The normalized spacial score (nSPS) is 11.6. The lowest BCUT2D eigenvalue weighted by Gasteiger charge is -2.13. The van der Waals surface area contributed by atoms with Crippen molar-refractivity contribution in [2.45, 2.75) is 26.6 Å². The quantitative estimate of drug-likeness (QED) is 0.623. The first-order valence-electron chi connectivity index (χ1n) is 6.76. The first kappa shape index (κ1) is 17.3. The maximum atomic E-state index is 13.2. The number of hydrogen-bond acceptors (Lipinski definition) is 4. The van der Waals surface area contributed by atoms with Crippen LogP contribution in [-0.2, 0) is 17.5 Å². The summed E-state index contributed by atoms with van der Waals surface area (Å²) in [4.78, 5) is 15.4. The molecule has 124 valence electrons. The lowest BCUT2D eigenvalue weighted by atomic mass is 10.1. The summed E-state index contributed by atoms with van der Waals surface area (Å²) in [6.07, 6.45) is -3.60. The van der Waals surface area contributed by atoms with Gasteiger partial charge in [0.05, 0.1) is 17.9 Å². The second-order valence-electron chi connectivity index (χ2n) is 4.50. The Morgan fingerprint density at radius 1 is 1.35 bits per heavy atom. The van der Waals surface area contributed by atoms with E-state index in [1.807, 2.05) is 0 Å². The number of carbonyl (C=O) groups is 1. The summed E-state index contributed by atoms with van der Waals surface area (Å²) in [5, 5.41) is 3.71. The fraction of sp³-hybridized carbons (Fsp3) is 0.357. The molecular weight excluding hydrogens is 335 g/mol. The van der Waals surface area contributed by atoms with Crippen molar-refractivity contribution in [3.63, 3.8) is 0 Å². The summed E-state index contributed by atoms with van der Waals surface area (Å²) < 4.78 is 45.8. The highest BCUT2D eigenvalue weighted by atomic mass is 35.5. The van der Waals surface area contributed by atoms with Gasteiger partial charge in [0.25, 0.3) is 0 Å². The predicted molar refractivity (Wildman–Crippen MR) is 77.1 cm³/mol. The molecule has 0 aliphatic carbocycles. The van der Waals surface area contributed by atoms with Gasteiger partial charge in [0.2, 0.25) is 0 Å². The number of aryl methyl sites for hydroxylation is 1. The van der Waals surface area contributed by atoms with Crippen LogP contribution in [0.3, 0.4) is 0 Å². The highest BCUT2D eigenvalue weighted by molar-refractivity contribution is 6.29. The van der Waals surface area contributed by atoms with Crippen molar-refractivity contribution in [3.05, 3.63) is 34.7 Å². The Labute approximate surface area is 135 Å². The summed E-state index contributed by atoms with van der Waals surface area (Å²) in [5.74, 6) is -0.698. The van der Waals surface area contributed by atoms with E-state index in [0.717, 1.165) is 12.3 Å². The molecule has 2 aromatic heterocycles. The van der Waals surface area contributed by atoms with Crippen LogP contribution in [0, 0.1) is 0 Å². The van der Waals surface area contributed by atoms with E-state index in [-0.39, 0.29) is 35.3 Å². The largest absolute Gasteiger partial charge is 0.461 e. The zero-order valence-corrected chi connectivity index (χ0v) is 13.1. The molecule has 23 heavy (non-hydrogen) atoms. The van der Waals surface area contributed by atoms with Gasteiger partial charge in [-0.15, -0.1) is 0 Å². The molecule has 0 amide bonds. The Morgan fingerprint density at radius 3 is 2.61 bits per heavy atom. The molecule has 5 nitrogen and oxygen atoms in total. The Kier molecular flexibility index (Phi) is 4.93. The maximum Gasteiger partial charge on any atom is 0.417 e. The van der Waals surface area contributed by atoms with E-state index in [1.165, 1.54) is 10.7 Å². The van der Waals surface area contributed by atoms with Gasteiger partial charge in [0, 0.05) is 18.3 Å². The van der Waals surface area contributed by atoms with E-state index in [4.69, 9.17) is 16.3 Å². The molecule has 0 fully saturated rings. The molecular formula is C14H13ClF3N3O2. The molecule has 2 heterocycles. The molecule has 0 radical (unpaired) electrons. The third-order valence-corrected chi connectivity index (χ3v) is 3.22. The van der Waals surface area contributed by atoms with E-state index in [2.05, 4.69) is 10.1 Å². The van der Waals surface area contributed by atoms with Crippen LogP contribution in [0.5, 0.6) is 0 Å². The van der Waals surface area contributed by atoms with Crippen LogP contribution >= 0.6 is 11.6 Å². The van der Waals surface area contributed by atoms with Gasteiger partial charge in [-0.05, 0) is 26.0 Å². The number of esters is 1. The minimum Gasteiger partial charge on any atom is -0.461 e. The Hall–Kier alpha value is -2.09. The molecule has 0 bridgehead atoms. The molecule has 0 aromatic carbocycles. The fourth-order valence-electron chi connectivity index (χ4n) is 2.05. The Balaban J connectivity index is 2.60. The van der Waals surface area contributed by atoms with Crippen molar-refractivity contribution in [2.24, 2.45) is 0 Å². The van der Waals surface area contributed by atoms with Crippen LogP contribution in [0.25, 0.3) is 11.3 Å². The fourth-order valence-corrected chi connectivity index (χ4v) is 2.21. The number of halogens is 4. The molecule has 0 unspecified atom stereocenters. The second kappa shape index (κ2) is 6.57. The van der Waals surface area contributed by atoms with E-state index in [9.17, 15) is 18.0 Å². The monoisotopic (exact) mass is 347 g/mol. The van der Waals surface area contributed by atoms with Crippen LogP contribution in [0.1, 0.15) is 29.9 Å². The number of hydrogen-bond donors (Lipinski definition) is 0. The van der Waals surface area contributed by atoms with Crippen molar-refractivity contribution < 1.29 is 22.7 Å². The van der Waals surface area contributed by atoms with Crippen LogP contribution in [0.4, 0.5) is 13.2 Å². The predicted octanol–water partition coefficient (Wildman–Crippen LogP) is 3.81. The number of rotatable bonds is 4. The van der Waals surface area contributed by atoms with Gasteiger partial charge in [0.1, 0.15) is 5.15 Å². The topological polar surface area (TPSA) is 57.0 Å². The van der Waals surface area contributed by atoms with Crippen LogP contribution in [-0.4, -0.2) is 27.3 Å². The van der Waals surface area contributed by atoms with Gasteiger partial charge in [-0.1, -0.05) is 11.6 Å². The number of aromatic nitrogens is 3. The average molecular weight is 348 g/mol. The summed E-state index contributed by atoms with van der Waals surface area (Å²) >= 11 is 5.57. The molecule has 2 aromatic rings. The minimum absolute atomic E-state index is 0.0632. The molecule has 0 saturated heterocycles. The number of ether oxygens (including phenoxy) is 1. The van der Waals surface area contributed by atoms with Crippen molar-refractivity contribution in [2.75, 3.05) is 6.61 Å². The van der Waals surface area contributed by atoms with Crippen molar-refractivity contribution in [1.82, 2.24) is 14.8 Å². The van der Waals surface area contributed by atoms with Crippen LogP contribution < -0.4 is 0 Å². The lowest BCUT2D eigenvalue weighted by molar-refractivity contribution is -0.137. The average Bonchev–Trinajstić information content (AvgIpc) is 2.90. The van der Waals surface area contributed by atoms with Gasteiger partial charge < -0.3 is 4.74 Å². The molecule has 0 aliphatic heterocycles. The number of pyridine rings is 1. The van der Waals surface area contributed by atoms with E-state index in [0.29, 0.717) is 0 Å². The highest BCUT2D eigenvalue weighted by Crippen LogP contribution is 2.38. The summed E-state index contributed by atoms with van der Waals surface area (Å²) in [5.41, 5.74) is -1.09. The molecule has 0 aliphatic rings. The van der Waals surface area contributed by atoms with Crippen LogP contribution in [0.2, 0.25) is 5.15 Å². The van der Waals surface area contributed by atoms with Gasteiger partial charge >= 0.3 is 12.1 Å². The van der Waals surface area contributed by atoms with E-state index < -0.39 is 17.7 Å². The SMILES string of the molecule is CCOC(=O)c1cc(-c2cnc(Cl)cc2C(F)(F)F)n(CC)n1. The Bertz CT molecular complexity index is 729. The van der Waals surface area contributed by atoms with E-state index >= 15 is 0 Å². The van der Waals surface area contributed by atoms with E-state index in [1.54, 1.807) is 13.8 Å². The van der Waals surface area contributed by atoms with Crippen LogP contribution in [0.15, 0.2) is 18.3 Å². The molecule has 0 N–H and O–H groups in total. The summed E-state index contributed by atoms with van der Waals surface area (Å²) in [7, 11) is 0. The first-order chi connectivity index (χ1) is 10.8. The van der Waals surface area contributed by atoms with Gasteiger partial charge in [-0.25, -0.2) is 9.78 Å². The summed E-state index contributed by atoms with van der Waals surface area (Å²) in [6, 6.07) is 2.00. The highest BCUT2D eigenvalue weighted by Gasteiger charge is 2.35. The standard InChI is InChI=1S/C14H13ClF3N3O2/c1-3-21-11(6-10(20-21)13(22)23-4-2)8-7-19-12(15)5-9(8)14(16,17)18/h5-7H,3-4H2,1-2H3. The smallest absolute Gasteiger partial charge is 0.417 e. The summed E-state index contributed by atoms with van der Waals surface area (Å²) in [6.45, 7) is 3.74. The Morgan fingerprint density at radius 2 is 2.04 bits per heavy atom. The van der Waals surface area contributed by atoms with Gasteiger partial charge in [-0.2, -0.15) is 18.3 Å². The second-order valence-corrected chi connectivity index (χ2v) is 4.89. The molecule has 0 spiro atoms. The lowest BCUT2D eigenvalue weighted by Crippen LogP contribution is -2.10. The van der Waals surface area contributed by atoms with Crippen molar-refractivity contribution in [3.8, 4) is 11.3 Å². The number of carbonyl (C=O) groups excluding carboxylic acids is 1. The minimum atomic E-state index is -4.62. The molecule has 2 rings (SSSR count). The molecule has 9 heteroatoms. The maximum absolute atomic E-state index is 13.2. The third-order valence-electron chi connectivity index (χ3n) is 3.02. The first-order valence-corrected chi connectivity index (χ1v) is 7.13. The van der Waals surface area contributed by atoms with Crippen molar-refractivity contribution >= 4 is 17.6 Å². The zero-order valence-electron chi connectivity index (χ0n) is 12.3. The third kappa shape index (κ3) is 3.64. The number of alkyl halides is 3. The van der Waals surface area contributed by atoms with Crippen molar-refractivity contribution in [1.29, 1.82) is 0 Å². The van der Waals surface area contributed by atoms with Gasteiger partial charge in [-0.3, -0.25) is 4.68 Å². The molecule has 0 saturated carbocycles. The van der Waals surface area contributed by atoms with Gasteiger partial charge in [0.15, 0.2) is 5.69 Å².